The maximum Gasteiger partial charge on any atom is 0.337 e. The molecule has 3 rings (SSSR count). The zero-order valence-corrected chi connectivity index (χ0v) is 18.2. The van der Waals surface area contributed by atoms with E-state index in [0.717, 1.165) is 29.3 Å². The van der Waals surface area contributed by atoms with Gasteiger partial charge in [0.15, 0.2) is 0 Å². The second-order valence-corrected chi connectivity index (χ2v) is 7.23. The summed E-state index contributed by atoms with van der Waals surface area (Å²) in [5, 5.41) is 3.86. The molecular formula is C24H26N2O5. The molecule has 0 saturated heterocycles. The van der Waals surface area contributed by atoms with E-state index in [1.807, 2.05) is 35.8 Å². The molecule has 0 unspecified atom stereocenters. The van der Waals surface area contributed by atoms with Gasteiger partial charge >= 0.3 is 11.9 Å². The van der Waals surface area contributed by atoms with Crippen LogP contribution < -0.4 is 5.32 Å². The molecule has 0 saturated carbocycles. The Kier molecular flexibility index (Phi) is 6.74. The summed E-state index contributed by atoms with van der Waals surface area (Å²) in [5.74, 6) is -1.55. The van der Waals surface area contributed by atoms with Crippen LogP contribution in [0.15, 0.2) is 42.5 Å². The van der Waals surface area contributed by atoms with Crippen molar-refractivity contribution in [3.8, 4) is 0 Å². The van der Waals surface area contributed by atoms with Gasteiger partial charge in [-0.15, -0.1) is 0 Å². The van der Waals surface area contributed by atoms with Crippen LogP contribution >= 0.6 is 0 Å². The molecule has 1 heterocycles. The van der Waals surface area contributed by atoms with Gasteiger partial charge in [0.25, 0.3) is 5.91 Å². The highest BCUT2D eigenvalue weighted by Gasteiger charge is 2.21. The monoisotopic (exact) mass is 422 g/mol. The van der Waals surface area contributed by atoms with Crippen LogP contribution in [0.5, 0.6) is 0 Å². The van der Waals surface area contributed by atoms with E-state index in [-0.39, 0.29) is 17.0 Å². The van der Waals surface area contributed by atoms with Crippen molar-refractivity contribution in [2.45, 2.75) is 33.2 Å². The van der Waals surface area contributed by atoms with Crippen LogP contribution in [0.4, 0.5) is 5.69 Å². The van der Waals surface area contributed by atoms with Gasteiger partial charge in [0.1, 0.15) is 5.69 Å². The van der Waals surface area contributed by atoms with Gasteiger partial charge in [-0.25, -0.2) is 9.59 Å². The number of nitrogens with zero attached hydrogens (tertiary/aromatic N) is 1. The first-order valence-electron chi connectivity index (χ1n) is 10.1. The number of hydrogen-bond donors (Lipinski definition) is 1. The second kappa shape index (κ2) is 9.47. The number of benzene rings is 2. The number of aryl methyl sites for hydroxylation is 2. The lowest BCUT2D eigenvalue weighted by atomic mass is 10.1. The van der Waals surface area contributed by atoms with Gasteiger partial charge in [0.05, 0.1) is 25.3 Å². The molecule has 162 valence electrons. The van der Waals surface area contributed by atoms with Gasteiger partial charge in [0, 0.05) is 23.1 Å². The maximum atomic E-state index is 13.3. The largest absolute Gasteiger partial charge is 0.465 e. The number of carbonyl (C=O) groups is 3. The molecule has 0 bridgehead atoms. The second-order valence-electron chi connectivity index (χ2n) is 7.23. The molecule has 1 amide bonds. The van der Waals surface area contributed by atoms with E-state index in [1.54, 1.807) is 0 Å². The van der Waals surface area contributed by atoms with Gasteiger partial charge in [-0.1, -0.05) is 31.5 Å². The number of hydrogen-bond acceptors (Lipinski definition) is 5. The summed E-state index contributed by atoms with van der Waals surface area (Å²) in [5.41, 5.74) is 3.02. The number of fused-ring (bicyclic) bond motifs is 1. The van der Waals surface area contributed by atoms with Gasteiger partial charge < -0.3 is 19.4 Å². The number of rotatable bonds is 7. The predicted molar refractivity (Wildman–Crippen MR) is 119 cm³/mol. The molecule has 1 aromatic heterocycles. The number of para-hydroxylation sites is 1. The number of carbonyl (C=O) groups excluding carboxylic acids is 3. The van der Waals surface area contributed by atoms with Crippen LogP contribution in [0.1, 0.15) is 56.5 Å². The van der Waals surface area contributed by atoms with Gasteiger partial charge in [-0.2, -0.15) is 0 Å². The first-order valence-corrected chi connectivity index (χ1v) is 10.1. The van der Waals surface area contributed by atoms with Crippen molar-refractivity contribution >= 4 is 34.4 Å². The van der Waals surface area contributed by atoms with Crippen molar-refractivity contribution in [2.24, 2.45) is 0 Å². The van der Waals surface area contributed by atoms with E-state index >= 15 is 0 Å². The summed E-state index contributed by atoms with van der Waals surface area (Å²) in [6.07, 6.45) is 1.93. The van der Waals surface area contributed by atoms with Crippen molar-refractivity contribution in [1.29, 1.82) is 0 Å². The third kappa shape index (κ3) is 4.45. The van der Waals surface area contributed by atoms with E-state index in [1.165, 1.54) is 32.4 Å². The Labute approximate surface area is 181 Å². The Balaban J connectivity index is 2.05. The zero-order valence-electron chi connectivity index (χ0n) is 18.2. The van der Waals surface area contributed by atoms with Gasteiger partial charge in [-0.05, 0) is 43.2 Å². The molecule has 0 radical (unpaired) electrons. The minimum Gasteiger partial charge on any atom is -0.465 e. The third-order valence-electron chi connectivity index (χ3n) is 5.21. The van der Waals surface area contributed by atoms with E-state index < -0.39 is 11.9 Å². The Morgan fingerprint density at radius 1 is 0.968 bits per heavy atom. The molecular weight excluding hydrogens is 396 g/mol. The number of anilines is 1. The van der Waals surface area contributed by atoms with Crippen LogP contribution in [0.3, 0.4) is 0 Å². The fourth-order valence-electron chi connectivity index (χ4n) is 3.68. The van der Waals surface area contributed by atoms with E-state index in [4.69, 9.17) is 9.47 Å². The summed E-state index contributed by atoms with van der Waals surface area (Å²) in [6.45, 7) is 4.73. The number of aromatic nitrogens is 1. The molecule has 7 heteroatoms. The molecule has 0 spiro atoms. The topological polar surface area (TPSA) is 86.6 Å². The predicted octanol–water partition coefficient (Wildman–Crippen LogP) is 4.58. The number of ether oxygens (including phenoxy) is 2. The highest BCUT2D eigenvalue weighted by molar-refractivity contribution is 6.09. The molecule has 31 heavy (non-hydrogen) atoms. The minimum absolute atomic E-state index is 0.143. The normalized spacial score (nSPS) is 10.7. The van der Waals surface area contributed by atoms with Crippen LogP contribution in [0.2, 0.25) is 0 Å². The number of amides is 1. The van der Waals surface area contributed by atoms with E-state index in [0.29, 0.717) is 17.9 Å². The first kappa shape index (κ1) is 22.1. The summed E-state index contributed by atoms with van der Waals surface area (Å²) in [7, 11) is 2.50. The molecule has 7 nitrogen and oxygen atoms in total. The molecule has 0 aliphatic heterocycles. The molecule has 0 aliphatic carbocycles. The van der Waals surface area contributed by atoms with E-state index in [9.17, 15) is 14.4 Å². The Morgan fingerprint density at radius 2 is 1.58 bits per heavy atom. The number of esters is 2. The molecule has 0 atom stereocenters. The van der Waals surface area contributed by atoms with Crippen molar-refractivity contribution in [1.82, 2.24) is 4.57 Å². The molecule has 0 fully saturated rings. The Bertz CT molecular complexity index is 1110. The zero-order chi connectivity index (χ0) is 22.5. The van der Waals surface area contributed by atoms with Crippen molar-refractivity contribution in [3.05, 3.63) is 64.8 Å². The minimum atomic E-state index is -0.616. The van der Waals surface area contributed by atoms with E-state index in [2.05, 4.69) is 12.2 Å². The average molecular weight is 422 g/mol. The van der Waals surface area contributed by atoms with Gasteiger partial charge in [-0.3, -0.25) is 4.79 Å². The van der Waals surface area contributed by atoms with Crippen LogP contribution in [0, 0.1) is 6.92 Å². The Morgan fingerprint density at radius 3 is 2.16 bits per heavy atom. The molecule has 3 aromatic rings. The number of methoxy groups -OCH3 is 2. The lowest BCUT2D eigenvalue weighted by Gasteiger charge is -2.13. The highest BCUT2D eigenvalue weighted by Crippen LogP contribution is 2.27. The first-order chi connectivity index (χ1) is 14.9. The molecule has 2 aromatic carbocycles. The lowest BCUT2D eigenvalue weighted by molar-refractivity contribution is 0.0599. The van der Waals surface area contributed by atoms with Crippen LogP contribution in [-0.4, -0.2) is 36.6 Å². The van der Waals surface area contributed by atoms with Gasteiger partial charge in [0.2, 0.25) is 0 Å². The lowest BCUT2D eigenvalue weighted by Crippen LogP contribution is -2.19. The molecule has 1 N–H and O–H groups in total. The number of nitrogens with one attached hydrogen (secondary N) is 1. The summed E-state index contributed by atoms with van der Waals surface area (Å²) in [4.78, 5) is 37.4. The fraction of sp³-hybridized carbons (Fsp3) is 0.292. The SMILES string of the molecule is CCCCn1c(C(=O)Nc2cc(C(=O)OC)cc(C(=O)OC)c2)c(C)c2ccccc21. The standard InChI is InChI=1S/C24H26N2O5/c1-5-6-11-26-20-10-8-7-9-19(20)15(2)21(26)22(27)25-18-13-16(23(28)30-3)12-17(14-18)24(29)31-4/h7-10,12-14H,5-6,11H2,1-4H3,(H,25,27). The molecule has 0 aliphatic rings. The van der Waals surface area contributed by atoms with Crippen LogP contribution in [-0.2, 0) is 16.0 Å². The fourth-order valence-corrected chi connectivity index (χ4v) is 3.68. The maximum absolute atomic E-state index is 13.3. The van der Waals surface area contributed by atoms with Crippen molar-refractivity contribution in [3.63, 3.8) is 0 Å². The van der Waals surface area contributed by atoms with Crippen molar-refractivity contribution in [2.75, 3.05) is 19.5 Å². The average Bonchev–Trinajstić information content (AvgIpc) is 3.08. The highest BCUT2D eigenvalue weighted by atomic mass is 16.5. The number of unbranched alkanes of at least 4 members (excludes halogenated alkanes) is 1. The van der Waals surface area contributed by atoms with Crippen LogP contribution in [0.25, 0.3) is 10.9 Å². The smallest absolute Gasteiger partial charge is 0.337 e. The summed E-state index contributed by atoms with van der Waals surface area (Å²) < 4.78 is 11.6. The quantitative estimate of drug-likeness (QED) is 0.564. The Hall–Kier alpha value is -3.61. The third-order valence-corrected chi connectivity index (χ3v) is 5.21. The summed E-state index contributed by atoms with van der Waals surface area (Å²) in [6, 6.07) is 12.2. The summed E-state index contributed by atoms with van der Waals surface area (Å²) >= 11 is 0. The van der Waals surface area contributed by atoms with Crippen molar-refractivity contribution < 1.29 is 23.9 Å².